The lowest BCUT2D eigenvalue weighted by molar-refractivity contribution is 0.0593. The molecule has 0 spiro atoms. The number of nitrogens with zero attached hydrogens (tertiary/aromatic N) is 4. The number of aryl methyl sites for hydroxylation is 1. The number of hydrogen-bond acceptors (Lipinski definition) is 6. The number of anilines is 1. The summed E-state index contributed by atoms with van der Waals surface area (Å²) >= 11 is 0. The van der Waals surface area contributed by atoms with Crippen LogP contribution in [0, 0.1) is 11.3 Å². The van der Waals surface area contributed by atoms with Gasteiger partial charge in [-0.15, -0.1) is 0 Å². The molecule has 0 aliphatic carbocycles. The number of aromatic nitrogens is 3. The van der Waals surface area contributed by atoms with Gasteiger partial charge in [0.25, 0.3) is 0 Å². The van der Waals surface area contributed by atoms with Crippen LogP contribution in [0.1, 0.15) is 21.7 Å². The van der Waals surface area contributed by atoms with Crippen molar-refractivity contribution < 1.29 is 14.3 Å². The highest BCUT2D eigenvalue weighted by atomic mass is 16.5. The Labute approximate surface area is 150 Å². The molecule has 2 aromatic heterocycles. The van der Waals surface area contributed by atoms with Crippen LogP contribution >= 0.6 is 0 Å². The highest BCUT2D eigenvalue weighted by Gasteiger charge is 2.21. The van der Waals surface area contributed by atoms with Gasteiger partial charge in [-0.2, -0.15) is 10.4 Å². The fourth-order valence-electron chi connectivity index (χ4n) is 2.52. The lowest BCUT2D eigenvalue weighted by atomic mass is 10.2. The first-order valence-corrected chi connectivity index (χ1v) is 7.74. The third-order valence-electron chi connectivity index (χ3n) is 3.97. The molecule has 3 rings (SSSR count). The molecule has 0 unspecified atom stereocenters. The molecule has 0 fully saturated rings. The molecule has 26 heavy (non-hydrogen) atoms. The Hall–Kier alpha value is -3.73. The topological polar surface area (TPSA) is 108 Å². The summed E-state index contributed by atoms with van der Waals surface area (Å²) in [6.45, 7) is 0.387. The second-order valence-electron chi connectivity index (χ2n) is 5.51. The highest BCUT2D eigenvalue weighted by Crippen LogP contribution is 2.26. The molecule has 0 saturated heterocycles. The Morgan fingerprint density at radius 3 is 2.62 bits per heavy atom. The van der Waals surface area contributed by atoms with Crippen molar-refractivity contribution in [2.45, 2.75) is 6.61 Å². The SMILES string of the molecule is COC(=O)c1c(N)c(C#N)cn1-c1ccc(OCc2ccnn2C)cc1. The molecule has 132 valence electrons. The van der Waals surface area contributed by atoms with E-state index in [-0.39, 0.29) is 16.9 Å². The van der Waals surface area contributed by atoms with Gasteiger partial charge in [-0.1, -0.05) is 0 Å². The number of carbonyl (C=O) groups is 1. The van der Waals surface area contributed by atoms with E-state index >= 15 is 0 Å². The van der Waals surface area contributed by atoms with Gasteiger partial charge in [0.2, 0.25) is 0 Å². The van der Waals surface area contributed by atoms with Gasteiger partial charge in [0.05, 0.1) is 24.1 Å². The van der Waals surface area contributed by atoms with E-state index < -0.39 is 5.97 Å². The minimum Gasteiger partial charge on any atom is -0.487 e. The Kier molecular flexibility index (Phi) is 4.62. The second kappa shape index (κ2) is 7.03. The predicted octanol–water partition coefficient (Wildman–Crippen LogP) is 2.03. The molecule has 0 bridgehead atoms. The maximum Gasteiger partial charge on any atom is 0.357 e. The molecule has 0 saturated carbocycles. The van der Waals surface area contributed by atoms with Crippen LogP contribution in [0.2, 0.25) is 0 Å². The Morgan fingerprint density at radius 2 is 2.04 bits per heavy atom. The van der Waals surface area contributed by atoms with Crippen LogP contribution in [0.5, 0.6) is 5.75 Å². The summed E-state index contributed by atoms with van der Waals surface area (Å²) in [7, 11) is 3.11. The number of esters is 1. The first-order valence-electron chi connectivity index (χ1n) is 7.74. The fourth-order valence-corrected chi connectivity index (χ4v) is 2.52. The summed E-state index contributed by atoms with van der Waals surface area (Å²) in [5.74, 6) is 0.0516. The Balaban J connectivity index is 1.86. The highest BCUT2D eigenvalue weighted by molar-refractivity contribution is 5.95. The number of nitrogens with two attached hydrogens (primary N) is 1. The van der Waals surface area contributed by atoms with Crippen LogP contribution in [-0.2, 0) is 18.4 Å². The van der Waals surface area contributed by atoms with Crippen LogP contribution in [0.3, 0.4) is 0 Å². The van der Waals surface area contributed by atoms with Crippen molar-refractivity contribution in [2.24, 2.45) is 7.05 Å². The summed E-state index contributed by atoms with van der Waals surface area (Å²) in [4.78, 5) is 12.0. The van der Waals surface area contributed by atoms with Gasteiger partial charge in [0.15, 0.2) is 5.69 Å². The molecule has 2 N–H and O–H groups in total. The van der Waals surface area contributed by atoms with E-state index in [2.05, 4.69) is 5.10 Å². The Morgan fingerprint density at radius 1 is 1.31 bits per heavy atom. The zero-order chi connectivity index (χ0) is 18.7. The molecule has 3 aromatic rings. The fraction of sp³-hybridized carbons (Fsp3) is 0.167. The molecule has 0 aliphatic heterocycles. The van der Waals surface area contributed by atoms with Crippen molar-refractivity contribution in [3.8, 4) is 17.5 Å². The molecule has 8 heteroatoms. The largest absolute Gasteiger partial charge is 0.487 e. The van der Waals surface area contributed by atoms with E-state index in [1.807, 2.05) is 19.2 Å². The lowest BCUT2D eigenvalue weighted by Crippen LogP contribution is -2.11. The van der Waals surface area contributed by atoms with Crippen LogP contribution in [-0.4, -0.2) is 27.4 Å². The van der Waals surface area contributed by atoms with Crippen LogP contribution in [0.25, 0.3) is 5.69 Å². The average Bonchev–Trinajstić information content (AvgIpc) is 3.22. The number of nitrogen functional groups attached to an aromatic ring is 1. The lowest BCUT2D eigenvalue weighted by Gasteiger charge is -2.10. The number of methoxy groups -OCH3 is 1. The van der Waals surface area contributed by atoms with Crippen LogP contribution in [0.4, 0.5) is 5.69 Å². The third-order valence-corrected chi connectivity index (χ3v) is 3.97. The molecule has 1 aromatic carbocycles. The third kappa shape index (κ3) is 3.10. The average molecular weight is 351 g/mol. The van der Waals surface area contributed by atoms with E-state index in [0.29, 0.717) is 18.0 Å². The maximum atomic E-state index is 12.0. The number of ether oxygens (including phenoxy) is 2. The van der Waals surface area contributed by atoms with Crippen molar-refractivity contribution in [2.75, 3.05) is 12.8 Å². The summed E-state index contributed by atoms with van der Waals surface area (Å²) in [6, 6.07) is 10.9. The molecular weight excluding hydrogens is 334 g/mol. The smallest absolute Gasteiger partial charge is 0.357 e. The van der Waals surface area contributed by atoms with Crippen LogP contribution < -0.4 is 10.5 Å². The molecule has 2 heterocycles. The van der Waals surface area contributed by atoms with Gasteiger partial charge in [0.1, 0.15) is 18.4 Å². The van der Waals surface area contributed by atoms with E-state index in [0.717, 1.165) is 5.69 Å². The molecule has 0 amide bonds. The van der Waals surface area contributed by atoms with Crippen molar-refractivity contribution in [1.82, 2.24) is 14.3 Å². The van der Waals surface area contributed by atoms with E-state index in [4.69, 9.17) is 20.5 Å². The first-order chi connectivity index (χ1) is 12.5. The monoisotopic (exact) mass is 351 g/mol. The van der Waals surface area contributed by atoms with Crippen LogP contribution in [0.15, 0.2) is 42.7 Å². The molecule has 0 radical (unpaired) electrons. The van der Waals surface area contributed by atoms with E-state index in [9.17, 15) is 4.79 Å². The van der Waals surface area contributed by atoms with Crippen molar-refractivity contribution in [3.05, 3.63) is 59.7 Å². The summed E-state index contributed by atoms with van der Waals surface area (Å²) < 4.78 is 13.8. The van der Waals surface area contributed by atoms with E-state index in [1.165, 1.54) is 17.9 Å². The van der Waals surface area contributed by atoms with Gasteiger partial charge in [-0.3, -0.25) is 4.68 Å². The van der Waals surface area contributed by atoms with Gasteiger partial charge in [-0.25, -0.2) is 4.79 Å². The van der Waals surface area contributed by atoms with E-state index in [1.54, 1.807) is 35.1 Å². The summed E-state index contributed by atoms with van der Waals surface area (Å²) in [6.07, 6.45) is 3.21. The standard InChI is InChI=1S/C18H17N5O3/c1-22-14(7-8-21-22)11-26-15-5-3-13(4-6-15)23-10-12(9-19)16(20)17(23)18(24)25-2/h3-8,10H,11,20H2,1-2H3. The minimum atomic E-state index is -0.611. The number of rotatable bonds is 5. The summed E-state index contributed by atoms with van der Waals surface area (Å²) in [5.41, 5.74) is 7.92. The van der Waals surface area contributed by atoms with Gasteiger partial charge in [-0.05, 0) is 30.3 Å². The summed E-state index contributed by atoms with van der Waals surface area (Å²) in [5, 5.41) is 13.2. The molecule has 8 nitrogen and oxygen atoms in total. The van der Waals surface area contributed by atoms with Gasteiger partial charge in [0, 0.05) is 25.1 Å². The molecule has 0 atom stereocenters. The zero-order valence-electron chi connectivity index (χ0n) is 14.3. The number of hydrogen-bond donors (Lipinski definition) is 1. The first kappa shape index (κ1) is 17.1. The predicted molar refractivity (Wildman–Crippen MR) is 93.8 cm³/mol. The maximum absolute atomic E-state index is 12.0. The normalized spacial score (nSPS) is 10.3. The van der Waals surface area contributed by atoms with Gasteiger partial charge >= 0.3 is 5.97 Å². The van der Waals surface area contributed by atoms with Crippen molar-refractivity contribution in [1.29, 1.82) is 5.26 Å². The molecular formula is C18H17N5O3. The quantitative estimate of drug-likeness (QED) is 0.705. The second-order valence-corrected chi connectivity index (χ2v) is 5.51. The number of carbonyl (C=O) groups excluding carboxylic acids is 1. The van der Waals surface area contributed by atoms with Crippen molar-refractivity contribution in [3.63, 3.8) is 0 Å². The number of benzene rings is 1. The zero-order valence-corrected chi connectivity index (χ0v) is 14.3. The minimum absolute atomic E-state index is 0.0934. The molecule has 0 aliphatic rings. The van der Waals surface area contributed by atoms with Gasteiger partial charge < -0.3 is 19.8 Å². The van der Waals surface area contributed by atoms with Crippen molar-refractivity contribution >= 4 is 11.7 Å². The Bertz CT molecular complexity index is 979. The number of nitriles is 1.